The highest BCUT2D eigenvalue weighted by Crippen LogP contribution is 2.27. The number of hydrogen-bond acceptors (Lipinski definition) is 7. The Hall–Kier alpha value is -3.76. The summed E-state index contributed by atoms with van der Waals surface area (Å²) < 4.78 is 35.2. The van der Waals surface area contributed by atoms with Gasteiger partial charge in [-0.05, 0) is 51.8 Å². The number of fused-ring (bicyclic) bond motifs is 1. The van der Waals surface area contributed by atoms with Gasteiger partial charge in [0, 0.05) is 43.3 Å². The summed E-state index contributed by atoms with van der Waals surface area (Å²) in [7, 11) is 1.50. The summed E-state index contributed by atoms with van der Waals surface area (Å²) in [5.41, 5.74) is 4.07. The van der Waals surface area contributed by atoms with E-state index in [9.17, 15) is 18.4 Å². The number of amides is 1. The van der Waals surface area contributed by atoms with E-state index in [0.29, 0.717) is 30.1 Å². The van der Waals surface area contributed by atoms with Crippen LogP contribution < -0.4 is 16.6 Å². The summed E-state index contributed by atoms with van der Waals surface area (Å²) in [4.78, 5) is 35.8. The van der Waals surface area contributed by atoms with Crippen LogP contribution in [0, 0.1) is 11.6 Å². The molecule has 1 aliphatic heterocycles. The van der Waals surface area contributed by atoms with Crippen molar-refractivity contribution in [1.82, 2.24) is 19.4 Å². The SMILES string of the molecule is Cn1c(=O)c(-c2ccc(N)c(F)c2F)cc2cnc(N[C@H]3CCCN(C(=O)OC(C)(C)C)C3)nc21. The van der Waals surface area contributed by atoms with Gasteiger partial charge in [0.25, 0.3) is 5.56 Å². The number of carbonyl (C=O) groups is 1. The van der Waals surface area contributed by atoms with Crippen LogP contribution in [0.5, 0.6) is 0 Å². The highest BCUT2D eigenvalue weighted by molar-refractivity contribution is 5.82. The molecule has 0 radical (unpaired) electrons. The van der Waals surface area contributed by atoms with Gasteiger partial charge in [-0.3, -0.25) is 9.36 Å². The molecule has 11 heteroatoms. The van der Waals surface area contributed by atoms with E-state index in [-0.39, 0.29) is 28.9 Å². The van der Waals surface area contributed by atoms with Crippen LogP contribution in [-0.4, -0.2) is 50.3 Å². The maximum absolute atomic E-state index is 14.5. The minimum Gasteiger partial charge on any atom is -0.444 e. The van der Waals surface area contributed by atoms with E-state index in [2.05, 4.69) is 15.3 Å². The number of rotatable bonds is 3. The third-order valence-corrected chi connectivity index (χ3v) is 5.76. The molecule has 186 valence electrons. The lowest BCUT2D eigenvalue weighted by Crippen LogP contribution is -2.47. The first-order valence-electron chi connectivity index (χ1n) is 11.3. The Kier molecular flexibility index (Phi) is 6.35. The number of aryl methyl sites for hydroxylation is 1. The highest BCUT2D eigenvalue weighted by atomic mass is 19.2. The molecular formula is C24H28F2N6O3. The van der Waals surface area contributed by atoms with Crippen LogP contribution in [0.1, 0.15) is 33.6 Å². The average molecular weight is 487 g/mol. The van der Waals surface area contributed by atoms with E-state index in [1.807, 2.05) is 20.8 Å². The number of aromatic nitrogens is 3. The maximum Gasteiger partial charge on any atom is 0.410 e. The van der Waals surface area contributed by atoms with Gasteiger partial charge in [-0.25, -0.2) is 18.6 Å². The quantitative estimate of drug-likeness (QED) is 0.543. The molecule has 35 heavy (non-hydrogen) atoms. The first kappa shape index (κ1) is 24.4. The van der Waals surface area contributed by atoms with Crippen molar-refractivity contribution in [2.24, 2.45) is 7.05 Å². The topological polar surface area (TPSA) is 115 Å². The molecule has 1 fully saturated rings. The number of nitrogens with two attached hydrogens (primary N) is 1. The number of ether oxygens (including phenoxy) is 1. The molecule has 0 unspecified atom stereocenters. The third kappa shape index (κ3) is 5.03. The molecule has 3 heterocycles. The zero-order valence-corrected chi connectivity index (χ0v) is 20.1. The van der Waals surface area contributed by atoms with Crippen molar-refractivity contribution in [2.75, 3.05) is 24.1 Å². The van der Waals surface area contributed by atoms with Crippen LogP contribution in [0.2, 0.25) is 0 Å². The molecule has 2 aromatic heterocycles. The van der Waals surface area contributed by atoms with E-state index in [4.69, 9.17) is 10.5 Å². The molecule has 4 rings (SSSR count). The fourth-order valence-corrected chi connectivity index (χ4v) is 4.05. The van der Waals surface area contributed by atoms with Crippen molar-refractivity contribution in [2.45, 2.75) is 45.3 Å². The van der Waals surface area contributed by atoms with Gasteiger partial charge in [0.15, 0.2) is 11.6 Å². The lowest BCUT2D eigenvalue weighted by Gasteiger charge is -2.34. The van der Waals surface area contributed by atoms with Crippen LogP contribution in [-0.2, 0) is 11.8 Å². The maximum atomic E-state index is 14.5. The van der Waals surface area contributed by atoms with Crippen molar-refractivity contribution in [3.05, 3.63) is 46.4 Å². The van der Waals surface area contributed by atoms with Gasteiger partial charge in [-0.15, -0.1) is 0 Å². The second-order valence-electron chi connectivity index (χ2n) is 9.63. The molecule has 1 aliphatic rings. The molecule has 9 nitrogen and oxygen atoms in total. The van der Waals surface area contributed by atoms with Crippen molar-refractivity contribution in [1.29, 1.82) is 0 Å². The van der Waals surface area contributed by atoms with E-state index < -0.39 is 22.8 Å². The lowest BCUT2D eigenvalue weighted by atomic mass is 10.0. The molecule has 0 bridgehead atoms. The summed E-state index contributed by atoms with van der Waals surface area (Å²) in [6.07, 6.45) is 2.73. The molecule has 1 amide bonds. The van der Waals surface area contributed by atoms with Crippen molar-refractivity contribution in [3.8, 4) is 11.1 Å². The number of benzene rings is 1. The standard InChI is InChI=1S/C24H28F2N6O3/c1-24(2,3)35-23(34)32-9-5-6-14(12-32)29-22-28-11-13-10-16(21(33)31(4)20(13)30-22)15-7-8-17(27)19(26)18(15)25/h7-8,10-11,14H,5-6,9,12,27H2,1-4H3,(H,28,29,30)/t14-/m0/s1. The number of nitrogens with zero attached hydrogens (tertiary/aromatic N) is 4. The summed E-state index contributed by atoms with van der Waals surface area (Å²) in [5, 5.41) is 3.70. The van der Waals surface area contributed by atoms with Crippen LogP contribution in [0.25, 0.3) is 22.2 Å². The number of carbonyl (C=O) groups excluding carboxylic acids is 1. The van der Waals surface area contributed by atoms with E-state index in [0.717, 1.165) is 12.8 Å². The predicted molar refractivity (Wildman–Crippen MR) is 129 cm³/mol. The summed E-state index contributed by atoms with van der Waals surface area (Å²) in [6.45, 7) is 6.49. The van der Waals surface area contributed by atoms with Crippen molar-refractivity contribution < 1.29 is 18.3 Å². The van der Waals surface area contributed by atoms with Gasteiger partial charge in [0.2, 0.25) is 5.95 Å². The number of hydrogen-bond donors (Lipinski definition) is 2. The van der Waals surface area contributed by atoms with Crippen molar-refractivity contribution in [3.63, 3.8) is 0 Å². The number of halogens is 2. The molecular weight excluding hydrogens is 458 g/mol. The van der Waals surface area contributed by atoms with Crippen LogP contribution in [0.4, 0.5) is 25.2 Å². The Balaban J connectivity index is 1.59. The first-order valence-corrected chi connectivity index (χ1v) is 11.3. The van der Waals surface area contributed by atoms with Gasteiger partial charge >= 0.3 is 6.09 Å². The van der Waals surface area contributed by atoms with Crippen LogP contribution in [0.15, 0.2) is 29.2 Å². The molecule has 0 spiro atoms. The number of nitrogen functional groups attached to an aromatic ring is 1. The van der Waals surface area contributed by atoms with E-state index in [1.54, 1.807) is 4.90 Å². The Morgan fingerprint density at radius 1 is 1.23 bits per heavy atom. The number of anilines is 2. The lowest BCUT2D eigenvalue weighted by molar-refractivity contribution is 0.0206. The van der Waals surface area contributed by atoms with Gasteiger partial charge in [0.05, 0.1) is 11.3 Å². The third-order valence-electron chi connectivity index (χ3n) is 5.76. The second kappa shape index (κ2) is 9.12. The Bertz CT molecular complexity index is 1350. The van der Waals surface area contributed by atoms with Crippen molar-refractivity contribution >= 4 is 28.8 Å². The van der Waals surface area contributed by atoms with Gasteiger partial charge in [-0.2, -0.15) is 4.98 Å². The second-order valence-corrected chi connectivity index (χ2v) is 9.63. The zero-order valence-electron chi connectivity index (χ0n) is 20.1. The fourth-order valence-electron chi connectivity index (χ4n) is 4.05. The van der Waals surface area contributed by atoms with Crippen LogP contribution in [0.3, 0.4) is 0 Å². The highest BCUT2D eigenvalue weighted by Gasteiger charge is 2.28. The van der Waals surface area contributed by atoms with Crippen LogP contribution >= 0.6 is 0 Å². The largest absolute Gasteiger partial charge is 0.444 e. The molecule has 0 saturated carbocycles. The average Bonchev–Trinajstić information content (AvgIpc) is 2.80. The summed E-state index contributed by atoms with van der Waals surface area (Å²) in [5.74, 6) is -2.10. The number of pyridine rings is 1. The smallest absolute Gasteiger partial charge is 0.410 e. The van der Waals surface area contributed by atoms with Gasteiger partial charge < -0.3 is 20.7 Å². The molecule has 3 N–H and O–H groups in total. The Labute approximate surface area is 200 Å². The number of nitrogens with one attached hydrogen (secondary N) is 1. The Morgan fingerprint density at radius 2 is 1.97 bits per heavy atom. The zero-order chi connectivity index (χ0) is 25.5. The molecule has 3 aromatic rings. The minimum absolute atomic E-state index is 0.0269. The normalized spacial score (nSPS) is 16.4. The minimum atomic E-state index is -1.20. The molecule has 1 atom stereocenters. The molecule has 1 aromatic carbocycles. The predicted octanol–water partition coefficient (Wildman–Crippen LogP) is 3.67. The molecule has 1 saturated heterocycles. The van der Waals surface area contributed by atoms with Gasteiger partial charge in [0.1, 0.15) is 11.2 Å². The monoisotopic (exact) mass is 486 g/mol. The Morgan fingerprint density at radius 3 is 2.69 bits per heavy atom. The molecule has 0 aliphatic carbocycles. The fraction of sp³-hybridized carbons (Fsp3) is 0.417. The van der Waals surface area contributed by atoms with Gasteiger partial charge in [-0.1, -0.05) is 0 Å². The summed E-state index contributed by atoms with van der Waals surface area (Å²) >= 11 is 0. The van der Waals surface area contributed by atoms with E-state index in [1.165, 1.54) is 36.0 Å². The first-order chi connectivity index (χ1) is 16.4. The van der Waals surface area contributed by atoms with E-state index >= 15 is 0 Å². The number of likely N-dealkylation sites (tertiary alicyclic amines) is 1. The summed E-state index contributed by atoms with van der Waals surface area (Å²) in [6, 6.07) is 3.82. The number of piperidine rings is 1.